The molecule has 0 aliphatic rings. The van der Waals surface area contributed by atoms with Crippen molar-refractivity contribution >= 4 is 22.7 Å². The summed E-state index contributed by atoms with van der Waals surface area (Å²) >= 11 is 0. The number of oxazole rings is 1. The third-order valence-electron chi connectivity index (χ3n) is 2.74. The first-order chi connectivity index (χ1) is 10.2. The molecule has 0 aliphatic carbocycles. The van der Waals surface area contributed by atoms with Gasteiger partial charge >= 0.3 is 0 Å². The molecule has 0 spiro atoms. The molecule has 21 heavy (non-hydrogen) atoms. The van der Waals surface area contributed by atoms with Crippen molar-refractivity contribution in [2.24, 2.45) is 0 Å². The first-order valence-corrected chi connectivity index (χ1v) is 6.41. The number of ether oxygens (including phenoxy) is 1. The monoisotopic (exact) mass is 283 g/mol. The van der Waals surface area contributed by atoms with Gasteiger partial charge in [-0.2, -0.15) is 0 Å². The highest BCUT2D eigenvalue weighted by molar-refractivity contribution is 5.88. The van der Waals surface area contributed by atoms with Crippen LogP contribution in [0.25, 0.3) is 11.1 Å². The molecule has 106 valence electrons. The molecule has 0 atom stereocenters. The number of pyridine rings is 1. The minimum atomic E-state index is -0.142. The second-order valence-electron chi connectivity index (χ2n) is 4.43. The number of carbonyl (C=O) groups excluding carboxylic acids is 1. The molecule has 0 fully saturated rings. The van der Waals surface area contributed by atoms with Gasteiger partial charge in [0, 0.05) is 13.0 Å². The van der Waals surface area contributed by atoms with Gasteiger partial charge < -0.3 is 14.5 Å². The van der Waals surface area contributed by atoms with E-state index in [1.165, 1.54) is 13.1 Å². The minimum absolute atomic E-state index is 0.142. The van der Waals surface area contributed by atoms with Crippen LogP contribution in [0.3, 0.4) is 0 Å². The Hall–Kier alpha value is -2.89. The Morgan fingerprint density at radius 3 is 2.86 bits per heavy atom. The molecule has 0 aliphatic heterocycles. The number of nitrogens with zero attached hydrogens (tertiary/aromatic N) is 2. The third-order valence-corrected chi connectivity index (χ3v) is 2.74. The number of rotatable bonds is 4. The molecule has 2 heterocycles. The number of benzene rings is 1. The number of hydrogen-bond acceptors (Lipinski definition) is 5. The average Bonchev–Trinajstić information content (AvgIpc) is 2.89. The Balaban J connectivity index is 1.65. The molecule has 6 nitrogen and oxygen atoms in total. The van der Waals surface area contributed by atoms with E-state index in [1.54, 1.807) is 12.1 Å². The molecule has 3 rings (SSSR count). The van der Waals surface area contributed by atoms with E-state index in [2.05, 4.69) is 15.3 Å². The van der Waals surface area contributed by atoms with Crippen LogP contribution in [0.2, 0.25) is 0 Å². The summed E-state index contributed by atoms with van der Waals surface area (Å²) in [6.45, 7) is 1.64. The zero-order valence-electron chi connectivity index (χ0n) is 11.4. The highest BCUT2D eigenvalue weighted by Gasteiger charge is 2.06. The van der Waals surface area contributed by atoms with Crippen molar-refractivity contribution in [3.8, 4) is 5.88 Å². The van der Waals surface area contributed by atoms with Gasteiger partial charge in [0.15, 0.2) is 12.2 Å². The maximum Gasteiger partial charge on any atom is 0.233 e. The normalized spacial score (nSPS) is 10.5. The van der Waals surface area contributed by atoms with Crippen LogP contribution in [0.4, 0.5) is 5.69 Å². The maximum atomic E-state index is 10.9. The molecule has 6 heteroatoms. The molecule has 0 radical (unpaired) electrons. The SMILES string of the molecule is CC(=O)Nc1ccc(OCc2nc3ccccc3o2)nc1. The Labute approximate surface area is 120 Å². The molecule has 0 saturated heterocycles. The van der Waals surface area contributed by atoms with Crippen molar-refractivity contribution in [2.45, 2.75) is 13.5 Å². The van der Waals surface area contributed by atoms with E-state index in [0.717, 1.165) is 11.1 Å². The number of anilines is 1. The second kappa shape index (κ2) is 5.62. The fraction of sp³-hybridized carbons (Fsp3) is 0.133. The van der Waals surface area contributed by atoms with Crippen LogP contribution >= 0.6 is 0 Å². The second-order valence-corrected chi connectivity index (χ2v) is 4.43. The molecule has 0 bridgehead atoms. The number of fused-ring (bicyclic) bond motifs is 1. The molecule has 1 amide bonds. The number of hydrogen-bond donors (Lipinski definition) is 1. The molecule has 2 aromatic heterocycles. The first-order valence-electron chi connectivity index (χ1n) is 6.41. The molecule has 0 unspecified atom stereocenters. The minimum Gasteiger partial charge on any atom is -0.468 e. The number of aromatic nitrogens is 2. The summed E-state index contributed by atoms with van der Waals surface area (Å²) in [4.78, 5) is 19.3. The zero-order valence-corrected chi connectivity index (χ0v) is 11.4. The largest absolute Gasteiger partial charge is 0.468 e. The molecule has 1 aromatic carbocycles. The molecular weight excluding hydrogens is 270 g/mol. The Morgan fingerprint density at radius 2 is 2.14 bits per heavy atom. The van der Waals surface area contributed by atoms with Gasteiger partial charge in [-0.15, -0.1) is 0 Å². The predicted molar refractivity (Wildman–Crippen MR) is 76.9 cm³/mol. The number of nitrogens with one attached hydrogen (secondary N) is 1. The van der Waals surface area contributed by atoms with Gasteiger partial charge in [0.1, 0.15) is 5.52 Å². The highest BCUT2D eigenvalue weighted by atomic mass is 16.5. The van der Waals surface area contributed by atoms with Crippen molar-refractivity contribution in [2.75, 3.05) is 5.32 Å². The predicted octanol–water partition coefficient (Wildman–Crippen LogP) is 2.76. The lowest BCUT2D eigenvalue weighted by Gasteiger charge is -2.04. The van der Waals surface area contributed by atoms with Crippen LogP contribution in [0.15, 0.2) is 47.0 Å². The topological polar surface area (TPSA) is 77.2 Å². The summed E-state index contributed by atoms with van der Waals surface area (Å²) in [6.07, 6.45) is 1.53. The summed E-state index contributed by atoms with van der Waals surface area (Å²) in [5, 5.41) is 2.64. The number of para-hydroxylation sites is 2. The van der Waals surface area contributed by atoms with E-state index in [4.69, 9.17) is 9.15 Å². The maximum absolute atomic E-state index is 10.9. The third kappa shape index (κ3) is 3.17. The fourth-order valence-corrected chi connectivity index (χ4v) is 1.86. The van der Waals surface area contributed by atoms with Gasteiger partial charge in [0.25, 0.3) is 0 Å². The molecule has 1 N–H and O–H groups in total. The molecular formula is C15H13N3O3. The fourth-order valence-electron chi connectivity index (χ4n) is 1.86. The van der Waals surface area contributed by atoms with E-state index >= 15 is 0 Å². The average molecular weight is 283 g/mol. The van der Waals surface area contributed by atoms with Crippen LogP contribution in [-0.2, 0) is 11.4 Å². The van der Waals surface area contributed by atoms with Gasteiger partial charge in [0.2, 0.25) is 17.7 Å². The summed E-state index contributed by atoms with van der Waals surface area (Å²) in [6, 6.07) is 10.9. The highest BCUT2D eigenvalue weighted by Crippen LogP contribution is 2.17. The van der Waals surface area contributed by atoms with Crippen LogP contribution in [0.5, 0.6) is 5.88 Å². The molecule has 3 aromatic rings. The summed E-state index contributed by atoms with van der Waals surface area (Å²) in [5.74, 6) is 0.784. The van der Waals surface area contributed by atoms with Crippen LogP contribution in [-0.4, -0.2) is 15.9 Å². The Bertz CT molecular complexity index is 732. The van der Waals surface area contributed by atoms with E-state index < -0.39 is 0 Å². The van der Waals surface area contributed by atoms with Crippen molar-refractivity contribution in [3.05, 3.63) is 48.5 Å². The van der Waals surface area contributed by atoms with Crippen molar-refractivity contribution < 1.29 is 13.9 Å². The van der Waals surface area contributed by atoms with E-state index in [1.807, 2.05) is 24.3 Å². The van der Waals surface area contributed by atoms with Gasteiger partial charge in [-0.1, -0.05) is 12.1 Å². The first kappa shape index (κ1) is 13.1. The van der Waals surface area contributed by atoms with Crippen LogP contribution < -0.4 is 10.1 Å². The van der Waals surface area contributed by atoms with E-state index in [0.29, 0.717) is 17.5 Å². The van der Waals surface area contributed by atoms with E-state index in [-0.39, 0.29) is 12.5 Å². The zero-order chi connectivity index (χ0) is 14.7. The molecule has 0 saturated carbocycles. The van der Waals surface area contributed by atoms with Crippen molar-refractivity contribution in [3.63, 3.8) is 0 Å². The van der Waals surface area contributed by atoms with Crippen LogP contribution in [0, 0.1) is 0 Å². The number of amides is 1. The summed E-state index contributed by atoms with van der Waals surface area (Å²) < 4.78 is 11.0. The van der Waals surface area contributed by atoms with Crippen molar-refractivity contribution in [1.82, 2.24) is 9.97 Å². The standard InChI is InChI=1S/C15H13N3O3/c1-10(19)17-11-6-7-14(16-8-11)20-9-15-18-12-4-2-3-5-13(12)21-15/h2-8H,9H2,1H3,(H,17,19). The summed E-state index contributed by atoms with van der Waals surface area (Å²) in [7, 11) is 0. The van der Waals surface area contributed by atoms with E-state index in [9.17, 15) is 4.79 Å². The lowest BCUT2D eigenvalue weighted by Crippen LogP contribution is -2.06. The lowest BCUT2D eigenvalue weighted by atomic mass is 10.3. The van der Waals surface area contributed by atoms with Gasteiger partial charge in [-0.05, 0) is 18.2 Å². The Kier molecular flexibility index (Phi) is 3.51. The smallest absolute Gasteiger partial charge is 0.233 e. The quantitative estimate of drug-likeness (QED) is 0.796. The van der Waals surface area contributed by atoms with Gasteiger partial charge in [-0.3, -0.25) is 4.79 Å². The van der Waals surface area contributed by atoms with Gasteiger partial charge in [0.05, 0.1) is 11.9 Å². The van der Waals surface area contributed by atoms with Crippen molar-refractivity contribution in [1.29, 1.82) is 0 Å². The van der Waals surface area contributed by atoms with Gasteiger partial charge in [-0.25, -0.2) is 9.97 Å². The lowest BCUT2D eigenvalue weighted by molar-refractivity contribution is -0.114. The Morgan fingerprint density at radius 1 is 1.29 bits per heavy atom. The summed E-state index contributed by atoms with van der Waals surface area (Å²) in [5.41, 5.74) is 2.15. The number of carbonyl (C=O) groups is 1. The van der Waals surface area contributed by atoms with Crippen LogP contribution in [0.1, 0.15) is 12.8 Å².